The molecular weight excluding hydrogens is 238 g/mol. The molecule has 0 fully saturated rings. The topological polar surface area (TPSA) is 47.0 Å². The molecule has 0 aliphatic rings. The number of hydrogen-bond donors (Lipinski definition) is 1. The molecule has 0 saturated heterocycles. The average molecular weight is 257 g/mol. The van der Waals surface area contributed by atoms with Crippen molar-refractivity contribution in [3.63, 3.8) is 0 Å². The zero-order valence-electron chi connectivity index (χ0n) is 11.8. The molecule has 0 amide bonds. The Labute approximate surface area is 113 Å². The summed E-state index contributed by atoms with van der Waals surface area (Å²) in [5.41, 5.74) is 4.31. The summed E-state index contributed by atoms with van der Waals surface area (Å²) in [6.45, 7) is 6.95. The number of aryl methyl sites for hydroxylation is 2. The van der Waals surface area contributed by atoms with Crippen molar-refractivity contribution < 1.29 is 4.74 Å². The van der Waals surface area contributed by atoms with Crippen LogP contribution < -0.4 is 10.1 Å². The van der Waals surface area contributed by atoms with Gasteiger partial charge in [0.1, 0.15) is 5.75 Å². The first-order valence-electron chi connectivity index (χ1n) is 6.37. The lowest BCUT2D eigenvalue weighted by atomic mass is 10.0. The van der Waals surface area contributed by atoms with Gasteiger partial charge in [0.2, 0.25) is 5.95 Å². The van der Waals surface area contributed by atoms with E-state index in [1.165, 1.54) is 5.56 Å². The second kappa shape index (κ2) is 5.69. The molecular formula is C15H19N3O. The number of hydrogen-bond acceptors (Lipinski definition) is 4. The second-order valence-electron chi connectivity index (χ2n) is 4.49. The molecule has 19 heavy (non-hydrogen) atoms. The van der Waals surface area contributed by atoms with Gasteiger partial charge in [0.05, 0.1) is 7.11 Å². The van der Waals surface area contributed by atoms with E-state index in [9.17, 15) is 0 Å². The van der Waals surface area contributed by atoms with Crippen LogP contribution in [0.5, 0.6) is 5.75 Å². The van der Waals surface area contributed by atoms with E-state index >= 15 is 0 Å². The molecule has 0 unspecified atom stereocenters. The highest BCUT2D eigenvalue weighted by Crippen LogP contribution is 2.33. The van der Waals surface area contributed by atoms with Crippen LogP contribution >= 0.6 is 0 Å². The molecule has 1 heterocycles. The Morgan fingerprint density at radius 1 is 1.16 bits per heavy atom. The number of rotatable bonds is 4. The average Bonchev–Trinajstić information content (AvgIpc) is 2.39. The third-order valence-electron chi connectivity index (χ3n) is 2.92. The maximum Gasteiger partial charge on any atom is 0.222 e. The van der Waals surface area contributed by atoms with Gasteiger partial charge in [-0.15, -0.1) is 0 Å². The van der Waals surface area contributed by atoms with Gasteiger partial charge in [-0.05, 0) is 38.0 Å². The quantitative estimate of drug-likeness (QED) is 0.913. The number of anilines is 1. The predicted octanol–water partition coefficient (Wildman–Crippen LogP) is 3.20. The number of ether oxygens (including phenoxy) is 1. The number of benzene rings is 1. The summed E-state index contributed by atoms with van der Waals surface area (Å²) in [5.74, 6) is 1.53. The number of nitrogens with zero attached hydrogens (tertiary/aromatic N) is 2. The van der Waals surface area contributed by atoms with Crippen molar-refractivity contribution in [2.24, 2.45) is 0 Å². The van der Waals surface area contributed by atoms with Crippen molar-refractivity contribution in [3.8, 4) is 16.9 Å². The van der Waals surface area contributed by atoms with Gasteiger partial charge in [0.15, 0.2) is 0 Å². The molecule has 4 heteroatoms. The van der Waals surface area contributed by atoms with E-state index in [1.807, 2.05) is 26.2 Å². The van der Waals surface area contributed by atoms with E-state index in [1.54, 1.807) is 7.11 Å². The van der Waals surface area contributed by atoms with Crippen LogP contribution in [0.15, 0.2) is 24.5 Å². The third-order valence-corrected chi connectivity index (χ3v) is 2.92. The maximum atomic E-state index is 5.49. The Hall–Kier alpha value is -2.10. The van der Waals surface area contributed by atoms with E-state index in [0.717, 1.165) is 29.0 Å². The molecule has 0 saturated carbocycles. The molecule has 1 aromatic carbocycles. The van der Waals surface area contributed by atoms with Crippen molar-refractivity contribution in [2.75, 3.05) is 19.0 Å². The van der Waals surface area contributed by atoms with Gasteiger partial charge in [-0.1, -0.05) is 6.07 Å². The van der Waals surface area contributed by atoms with Crippen molar-refractivity contribution >= 4 is 5.95 Å². The molecule has 0 spiro atoms. The summed E-state index contributed by atoms with van der Waals surface area (Å²) in [6.07, 6.45) is 3.64. The van der Waals surface area contributed by atoms with Crippen LogP contribution in [-0.4, -0.2) is 23.6 Å². The molecule has 1 aromatic heterocycles. The summed E-state index contributed by atoms with van der Waals surface area (Å²) in [6, 6.07) is 4.20. The number of methoxy groups -OCH3 is 1. The van der Waals surface area contributed by atoms with Crippen LogP contribution in [0.25, 0.3) is 11.1 Å². The molecule has 100 valence electrons. The molecule has 0 bridgehead atoms. The fourth-order valence-corrected chi connectivity index (χ4v) is 2.16. The van der Waals surface area contributed by atoms with Gasteiger partial charge in [-0.25, -0.2) is 9.97 Å². The van der Waals surface area contributed by atoms with E-state index in [0.29, 0.717) is 5.95 Å². The molecule has 2 aromatic rings. The molecule has 4 nitrogen and oxygen atoms in total. The highest BCUT2D eigenvalue weighted by atomic mass is 16.5. The van der Waals surface area contributed by atoms with Crippen LogP contribution in [-0.2, 0) is 0 Å². The molecule has 1 N–H and O–H groups in total. The fraction of sp³-hybridized carbons (Fsp3) is 0.333. The number of nitrogens with one attached hydrogen (secondary N) is 1. The van der Waals surface area contributed by atoms with Crippen LogP contribution in [0, 0.1) is 13.8 Å². The normalized spacial score (nSPS) is 10.3. The SMILES string of the molecule is CCNc1ncc(-c2cc(C)cc(C)c2OC)cn1. The zero-order chi connectivity index (χ0) is 13.8. The van der Waals surface area contributed by atoms with E-state index in [-0.39, 0.29) is 0 Å². The highest BCUT2D eigenvalue weighted by molar-refractivity contribution is 5.72. The first kappa shape index (κ1) is 13.3. The summed E-state index contributed by atoms with van der Waals surface area (Å²) >= 11 is 0. The number of aromatic nitrogens is 2. The Balaban J connectivity index is 2.45. The van der Waals surface area contributed by atoms with Crippen molar-refractivity contribution in [1.82, 2.24) is 9.97 Å². The van der Waals surface area contributed by atoms with Crippen LogP contribution in [0.4, 0.5) is 5.95 Å². The van der Waals surface area contributed by atoms with E-state index in [2.05, 4.69) is 34.3 Å². The second-order valence-corrected chi connectivity index (χ2v) is 4.49. The molecule has 0 aliphatic heterocycles. The fourth-order valence-electron chi connectivity index (χ4n) is 2.16. The van der Waals surface area contributed by atoms with Gasteiger partial charge in [0.25, 0.3) is 0 Å². The zero-order valence-corrected chi connectivity index (χ0v) is 11.8. The Morgan fingerprint density at radius 2 is 1.84 bits per heavy atom. The molecule has 0 atom stereocenters. The third kappa shape index (κ3) is 2.84. The Morgan fingerprint density at radius 3 is 2.42 bits per heavy atom. The minimum absolute atomic E-state index is 0.648. The Kier molecular flexibility index (Phi) is 4.00. The maximum absolute atomic E-state index is 5.49. The van der Waals surface area contributed by atoms with Crippen molar-refractivity contribution in [3.05, 3.63) is 35.7 Å². The van der Waals surface area contributed by atoms with E-state index in [4.69, 9.17) is 4.74 Å². The molecule has 0 radical (unpaired) electrons. The minimum atomic E-state index is 0.648. The monoisotopic (exact) mass is 257 g/mol. The summed E-state index contributed by atoms with van der Waals surface area (Å²) in [4.78, 5) is 8.60. The lowest BCUT2D eigenvalue weighted by molar-refractivity contribution is 0.413. The smallest absolute Gasteiger partial charge is 0.222 e. The predicted molar refractivity (Wildman–Crippen MR) is 77.7 cm³/mol. The van der Waals surface area contributed by atoms with Crippen LogP contribution in [0.3, 0.4) is 0 Å². The Bertz CT molecular complexity index is 564. The van der Waals surface area contributed by atoms with Gasteiger partial charge in [-0.3, -0.25) is 0 Å². The molecule has 0 aliphatic carbocycles. The standard InChI is InChI=1S/C15H19N3O/c1-5-16-15-17-8-12(9-18-15)13-7-10(2)6-11(3)14(13)19-4/h6-9H,5H2,1-4H3,(H,16,17,18). The summed E-state index contributed by atoms with van der Waals surface area (Å²) < 4.78 is 5.49. The van der Waals surface area contributed by atoms with Crippen molar-refractivity contribution in [2.45, 2.75) is 20.8 Å². The first-order chi connectivity index (χ1) is 9.15. The molecule has 2 rings (SSSR count). The first-order valence-corrected chi connectivity index (χ1v) is 6.37. The van der Waals surface area contributed by atoms with Crippen molar-refractivity contribution in [1.29, 1.82) is 0 Å². The lowest BCUT2D eigenvalue weighted by Crippen LogP contribution is -2.01. The van der Waals surface area contributed by atoms with Gasteiger partial charge >= 0.3 is 0 Å². The van der Waals surface area contributed by atoms with Gasteiger partial charge in [0, 0.05) is 30.1 Å². The van der Waals surface area contributed by atoms with Crippen LogP contribution in [0.1, 0.15) is 18.1 Å². The van der Waals surface area contributed by atoms with Gasteiger partial charge in [-0.2, -0.15) is 0 Å². The highest BCUT2D eigenvalue weighted by Gasteiger charge is 2.10. The summed E-state index contributed by atoms with van der Waals surface area (Å²) in [7, 11) is 1.69. The van der Waals surface area contributed by atoms with Crippen LogP contribution in [0.2, 0.25) is 0 Å². The summed E-state index contributed by atoms with van der Waals surface area (Å²) in [5, 5.41) is 3.08. The largest absolute Gasteiger partial charge is 0.496 e. The van der Waals surface area contributed by atoms with Gasteiger partial charge < -0.3 is 10.1 Å². The lowest BCUT2D eigenvalue weighted by Gasteiger charge is -2.12. The minimum Gasteiger partial charge on any atom is -0.496 e. The van der Waals surface area contributed by atoms with E-state index < -0.39 is 0 Å².